The smallest absolute Gasteiger partial charge is 0.335 e. The Bertz CT molecular complexity index is 619. The largest absolute Gasteiger partial charge is 0.478 e. The third-order valence-electron chi connectivity index (χ3n) is 3.48. The minimum Gasteiger partial charge on any atom is -0.478 e. The number of aryl methyl sites for hydroxylation is 1. The highest BCUT2D eigenvalue weighted by atomic mass is 16.4. The van der Waals surface area contributed by atoms with E-state index in [-0.39, 0.29) is 5.56 Å². The van der Waals surface area contributed by atoms with Crippen molar-refractivity contribution < 1.29 is 9.90 Å². The maximum absolute atomic E-state index is 11.0. The van der Waals surface area contributed by atoms with Crippen LogP contribution >= 0.6 is 0 Å². The van der Waals surface area contributed by atoms with E-state index in [1.54, 1.807) is 18.2 Å². The lowest BCUT2D eigenvalue weighted by Gasteiger charge is -2.07. The second-order valence-electron chi connectivity index (χ2n) is 4.79. The fourth-order valence-corrected chi connectivity index (χ4v) is 2.49. The minimum absolute atomic E-state index is 0.281. The van der Waals surface area contributed by atoms with Gasteiger partial charge >= 0.3 is 5.97 Å². The Morgan fingerprint density at radius 3 is 2.95 bits per heavy atom. The normalized spacial score (nSPS) is 14.7. The Labute approximate surface area is 110 Å². The molecule has 0 spiro atoms. The summed E-state index contributed by atoms with van der Waals surface area (Å²) in [6, 6.07) is 6.88. The molecule has 0 amide bonds. The Morgan fingerprint density at radius 1 is 1.21 bits per heavy atom. The van der Waals surface area contributed by atoms with Gasteiger partial charge in [0, 0.05) is 18.5 Å². The monoisotopic (exact) mass is 257 g/mol. The minimum atomic E-state index is -0.919. The molecule has 1 aliphatic heterocycles. The van der Waals surface area contributed by atoms with Crippen molar-refractivity contribution in [1.29, 1.82) is 0 Å². The molecule has 5 nitrogen and oxygen atoms in total. The Balaban J connectivity index is 2.05. The van der Waals surface area contributed by atoms with Crippen molar-refractivity contribution in [3.05, 3.63) is 35.7 Å². The summed E-state index contributed by atoms with van der Waals surface area (Å²) in [5.74, 6) is 0.866. The summed E-state index contributed by atoms with van der Waals surface area (Å²) in [6.07, 6.45) is 4.42. The van der Waals surface area contributed by atoms with E-state index in [0.717, 1.165) is 43.0 Å². The zero-order chi connectivity index (χ0) is 13.2. The average Bonchev–Trinajstić information content (AvgIpc) is 2.68. The first kappa shape index (κ1) is 11.9. The number of carboxylic acid groups (broad SMARTS) is 1. The van der Waals surface area contributed by atoms with Crippen molar-refractivity contribution in [2.45, 2.75) is 32.2 Å². The number of fused-ring (bicyclic) bond motifs is 1. The number of carbonyl (C=O) groups is 1. The topological polar surface area (TPSA) is 68.0 Å². The molecule has 2 aromatic rings. The number of hydrogen-bond acceptors (Lipinski definition) is 3. The van der Waals surface area contributed by atoms with E-state index in [4.69, 9.17) is 5.11 Å². The SMILES string of the molecule is O=C(O)c1cccc(-c2nnc3n2CCCCC3)c1. The Hall–Kier alpha value is -2.17. The number of nitrogens with zero attached hydrogens (tertiary/aromatic N) is 3. The lowest BCUT2D eigenvalue weighted by molar-refractivity contribution is 0.0697. The van der Waals surface area contributed by atoms with Crippen molar-refractivity contribution in [3.8, 4) is 11.4 Å². The first-order chi connectivity index (χ1) is 9.25. The molecule has 3 rings (SSSR count). The zero-order valence-electron chi connectivity index (χ0n) is 10.5. The highest BCUT2D eigenvalue weighted by molar-refractivity contribution is 5.89. The summed E-state index contributed by atoms with van der Waals surface area (Å²) < 4.78 is 2.12. The number of benzene rings is 1. The van der Waals surface area contributed by atoms with E-state index in [1.807, 2.05) is 6.07 Å². The van der Waals surface area contributed by atoms with Gasteiger partial charge in [-0.15, -0.1) is 10.2 Å². The van der Waals surface area contributed by atoms with Crippen molar-refractivity contribution in [1.82, 2.24) is 14.8 Å². The molecule has 1 aromatic carbocycles. The summed E-state index contributed by atoms with van der Waals surface area (Å²) >= 11 is 0. The van der Waals surface area contributed by atoms with E-state index < -0.39 is 5.97 Å². The van der Waals surface area contributed by atoms with Crippen LogP contribution in [-0.4, -0.2) is 25.8 Å². The average molecular weight is 257 g/mol. The summed E-state index contributed by atoms with van der Waals surface area (Å²) in [7, 11) is 0. The summed E-state index contributed by atoms with van der Waals surface area (Å²) in [5, 5.41) is 17.5. The summed E-state index contributed by atoms with van der Waals surface area (Å²) in [6.45, 7) is 0.912. The van der Waals surface area contributed by atoms with Gasteiger partial charge < -0.3 is 9.67 Å². The first-order valence-corrected chi connectivity index (χ1v) is 6.51. The van der Waals surface area contributed by atoms with Crippen LogP contribution in [0.15, 0.2) is 24.3 Å². The molecule has 0 unspecified atom stereocenters. The molecular weight excluding hydrogens is 242 g/mol. The molecule has 2 heterocycles. The highest BCUT2D eigenvalue weighted by Crippen LogP contribution is 2.23. The number of rotatable bonds is 2. The van der Waals surface area contributed by atoms with Crippen LogP contribution in [-0.2, 0) is 13.0 Å². The van der Waals surface area contributed by atoms with Gasteiger partial charge in [-0.1, -0.05) is 18.6 Å². The van der Waals surface area contributed by atoms with Crippen molar-refractivity contribution in [2.75, 3.05) is 0 Å². The molecule has 1 N–H and O–H groups in total. The van der Waals surface area contributed by atoms with E-state index in [1.165, 1.54) is 6.42 Å². The molecule has 0 saturated heterocycles. The molecule has 98 valence electrons. The molecule has 1 aliphatic rings. The zero-order valence-corrected chi connectivity index (χ0v) is 10.5. The molecule has 0 radical (unpaired) electrons. The van der Waals surface area contributed by atoms with Gasteiger partial charge in [0.25, 0.3) is 0 Å². The molecule has 0 aliphatic carbocycles. The maximum Gasteiger partial charge on any atom is 0.335 e. The standard InChI is InChI=1S/C14H15N3O2/c18-14(19)11-6-4-5-10(9-11)13-16-15-12-7-2-1-3-8-17(12)13/h4-6,9H,1-3,7-8H2,(H,18,19). The third-order valence-corrected chi connectivity index (χ3v) is 3.48. The van der Waals surface area contributed by atoms with E-state index in [0.29, 0.717) is 0 Å². The summed E-state index contributed by atoms with van der Waals surface area (Å²) in [4.78, 5) is 11.0. The van der Waals surface area contributed by atoms with Crippen LogP contribution < -0.4 is 0 Å². The van der Waals surface area contributed by atoms with Gasteiger partial charge in [0.2, 0.25) is 0 Å². The van der Waals surface area contributed by atoms with Crippen molar-refractivity contribution in [3.63, 3.8) is 0 Å². The molecule has 5 heteroatoms. The highest BCUT2D eigenvalue weighted by Gasteiger charge is 2.16. The molecular formula is C14H15N3O2. The summed E-state index contributed by atoms with van der Waals surface area (Å²) in [5.41, 5.74) is 1.10. The molecule has 0 bridgehead atoms. The number of carboxylic acids is 1. The van der Waals surface area contributed by atoms with E-state index in [2.05, 4.69) is 14.8 Å². The van der Waals surface area contributed by atoms with E-state index in [9.17, 15) is 4.79 Å². The number of hydrogen-bond donors (Lipinski definition) is 1. The van der Waals surface area contributed by atoms with Crippen LogP contribution in [0.1, 0.15) is 35.4 Å². The van der Waals surface area contributed by atoms with Gasteiger partial charge in [-0.2, -0.15) is 0 Å². The second-order valence-corrected chi connectivity index (χ2v) is 4.79. The van der Waals surface area contributed by atoms with E-state index >= 15 is 0 Å². The third kappa shape index (κ3) is 2.23. The Kier molecular flexibility index (Phi) is 3.03. The van der Waals surface area contributed by atoms with Crippen LogP contribution in [0.2, 0.25) is 0 Å². The fraction of sp³-hybridized carbons (Fsp3) is 0.357. The van der Waals surface area contributed by atoms with Crippen LogP contribution in [0, 0.1) is 0 Å². The van der Waals surface area contributed by atoms with Gasteiger partial charge in [-0.25, -0.2) is 4.79 Å². The quantitative estimate of drug-likeness (QED) is 0.896. The van der Waals surface area contributed by atoms with Crippen LogP contribution in [0.5, 0.6) is 0 Å². The Morgan fingerprint density at radius 2 is 2.11 bits per heavy atom. The first-order valence-electron chi connectivity index (χ1n) is 6.51. The molecule has 0 fully saturated rings. The van der Waals surface area contributed by atoms with Gasteiger partial charge in [0.05, 0.1) is 5.56 Å². The van der Waals surface area contributed by atoms with Crippen LogP contribution in [0.3, 0.4) is 0 Å². The van der Waals surface area contributed by atoms with Gasteiger partial charge in [-0.05, 0) is 25.0 Å². The fourth-order valence-electron chi connectivity index (χ4n) is 2.49. The maximum atomic E-state index is 11.0. The molecule has 19 heavy (non-hydrogen) atoms. The lowest BCUT2D eigenvalue weighted by Crippen LogP contribution is -2.03. The van der Waals surface area contributed by atoms with Crippen molar-refractivity contribution in [2.24, 2.45) is 0 Å². The molecule has 0 atom stereocenters. The van der Waals surface area contributed by atoms with Crippen LogP contribution in [0.25, 0.3) is 11.4 Å². The molecule has 0 saturated carbocycles. The number of aromatic nitrogens is 3. The van der Waals surface area contributed by atoms with Crippen molar-refractivity contribution >= 4 is 5.97 Å². The van der Waals surface area contributed by atoms with Gasteiger partial charge in [0.15, 0.2) is 5.82 Å². The lowest BCUT2D eigenvalue weighted by atomic mass is 10.1. The van der Waals surface area contributed by atoms with Gasteiger partial charge in [-0.3, -0.25) is 0 Å². The predicted octanol–water partition coefficient (Wildman–Crippen LogP) is 2.37. The second kappa shape index (κ2) is 4.84. The molecule has 1 aromatic heterocycles. The predicted molar refractivity (Wildman–Crippen MR) is 70.0 cm³/mol. The number of aromatic carboxylic acids is 1. The van der Waals surface area contributed by atoms with Gasteiger partial charge in [0.1, 0.15) is 5.82 Å². The van der Waals surface area contributed by atoms with Crippen LogP contribution in [0.4, 0.5) is 0 Å².